The molecule has 0 aliphatic rings. The van der Waals surface area contributed by atoms with Crippen molar-refractivity contribution in [2.75, 3.05) is 13.2 Å². The van der Waals surface area contributed by atoms with Crippen molar-refractivity contribution in [1.29, 1.82) is 0 Å². The van der Waals surface area contributed by atoms with Crippen LogP contribution in [0.15, 0.2) is 18.2 Å². The zero-order chi connectivity index (χ0) is 13.1. The van der Waals surface area contributed by atoms with E-state index in [9.17, 15) is 13.2 Å². The van der Waals surface area contributed by atoms with E-state index in [1.807, 2.05) is 0 Å². The molecule has 17 heavy (non-hydrogen) atoms. The summed E-state index contributed by atoms with van der Waals surface area (Å²) in [6.45, 7) is 3.28. The molecule has 5 heteroatoms. The van der Waals surface area contributed by atoms with Gasteiger partial charge in [0, 0.05) is 12.5 Å². The Labute approximate surface area is 98.0 Å². The van der Waals surface area contributed by atoms with E-state index in [0.717, 1.165) is 6.07 Å². The number of alkyl halides is 3. The summed E-state index contributed by atoms with van der Waals surface area (Å²) in [5.74, 6) is -0.499. The number of rotatable bonds is 4. The lowest BCUT2D eigenvalue weighted by molar-refractivity contribution is -0.139. The molecule has 1 atom stereocenters. The first-order valence-corrected chi connectivity index (χ1v) is 5.35. The number of halogens is 3. The van der Waals surface area contributed by atoms with Crippen molar-refractivity contribution in [2.24, 2.45) is 0 Å². The minimum Gasteiger partial charge on any atom is -0.493 e. The summed E-state index contributed by atoms with van der Waals surface area (Å²) in [6.07, 6.45) is -4.45. The molecular formula is C12H15F3O2. The molecule has 1 unspecified atom stereocenters. The Bertz CT molecular complexity index is 375. The molecule has 0 bridgehead atoms. The number of aliphatic hydroxyl groups is 1. The first-order valence-electron chi connectivity index (χ1n) is 5.35. The highest BCUT2D eigenvalue weighted by molar-refractivity contribution is 5.40. The average Bonchev–Trinajstić information content (AvgIpc) is 2.27. The minimum atomic E-state index is -4.45. The van der Waals surface area contributed by atoms with Crippen molar-refractivity contribution in [3.63, 3.8) is 0 Å². The normalized spacial score (nSPS) is 13.5. The van der Waals surface area contributed by atoms with Crippen LogP contribution in [0, 0.1) is 0 Å². The molecule has 1 aromatic carbocycles. The molecule has 0 fully saturated rings. The molecule has 1 rings (SSSR count). The first-order chi connectivity index (χ1) is 7.90. The third-order valence-corrected chi connectivity index (χ3v) is 2.45. The van der Waals surface area contributed by atoms with Gasteiger partial charge in [0.15, 0.2) is 0 Å². The van der Waals surface area contributed by atoms with E-state index in [4.69, 9.17) is 9.84 Å². The van der Waals surface area contributed by atoms with E-state index in [-0.39, 0.29) is 24.9 Å². The molecule has 0 aliphatic heterocycles. The van der Waals surface area contributed by atoms with Crippen LogP contribution in [-0.4, -0.2) is 18.3 Å². The van der Waals surface area contributed by atoms with E-state index < -0.39 is 11.7 Å². The Hall–Kier alpha value is -1.23. The van der Waals surface area contributed by atoms with Gasteiger partial charge in [0.2, 0.25) is 0 Å². The Kier molecular flexibility index (Phi) is 4.40. The molecule has 0 aromatic heterocycles. The second-order valence-corrected chi connectivity index (χ2v) is 3.77. The van der Waals surface area contributed by atoms with Gasteiger partial charge >= 0.3 is 6.18 Å². The van der Waals surface area contributed by atoms with Crippen LogP contribution in [0.1, 0.15) is 30.9 Å². The number of hydrogen-bond acceptors (Lipinski definition) is 2. The molecule has 1 N–H and O–H groups in total. The fourth-order valence-corrected chi connectivity index (χ4v) is 1.46. The third kappa shape index (κ3) is 3.36. The highest BCUT2D eigenvalue weighted by Crippen LogP contribution is 2.37. The predicted molar refractivity (Wildman–Crippen MR) is 58.1 cm³/mol. The van der Waals surface area contributed by atoms with Crippen LogP contribution in [0.3, 0.4) is 0 Å². The molecule has 0 radical (unpaired) electrons. The van der Waals surface area contributed by atoms with E-state index in [0.29, 0.717) is 5.56 Å². The summed E-state index contributed by atoms with van der Waals surface area (Å²) in [6, 6.07) is 3.88. The van der Waals surface area contributed by atoms with Gasteiger partial charge in [-0.15, -0.1) is 0 Å². The molecule has 0 heterocycles. The SMILES string of the molecule is CCOc1ccc(C(C)CO)cc1C(F)(F)F. The molecule has 96 valence electrons. The lowest BCUT2D eigenvalue weighted by Crippen LogP contribution is -2.10. The Morgan fingerprint density at radius 2 is 2.00 bits per heavy atom. The van der Waals surface area contributed by atoms with Crippen molar-refractivity contribution in [2.45, 2.75) is 25.9 Å². The maximum Gasteiger partial charge on any atom is 0.419 e. The summed E-state index contributed by atoms with van der Waals surface area (Å²) in [5, 5.41) is 8.94. The largest absolute Gasteiger partial charge is 0.493 e. The monoisotopic (exact) mass is 248 g/mol. The summed E-state index contributed by atoms with van der Waals surface area (Å²) in [7, 11) is 0. The van der Waals surface area contributed by atoms with Gasteiger partial charge in [0.25, 0.3) is 0 Å². The van der Waals surface area contributed by atoms with Gasteiger partial charge in [-0.2, -0.15) is 13.2 Å². The van der Waals surface area contributed by atoms with Crippen molar-refractivity contribution in [3.8, 4) is 5.75 Å². The lowest BCUT2D eigenvalue weighted by atomic mass is 9.99. The predicted octanol–water partition coefficient (Wildman–Crippen LogP) is 3.20. The maximum atomic E-state index is 12.8. The highest BCUT2D eigenvalue weighted by Gasteiger charge is 2.34. The van der Waals surface area contributed by atoms with Crippen LogP contribution in [0.25, 0.3) is 0 Å². The lowest BCUT2D eigenvalue weighted by Gasteiger charge is -2.16. The number of aliphatic hydroxyl groups excluding tert-OH is 1. The number of hydrogen-bond donors (Lipinski definition) is 1. The maximum absolute atomic E-state index is 12.8. The third-order valence-electron chi connectivity index (χ3n) is 2.45. The van der Waals surface area contributed by atoms with E-state index in [2.05, 4.69) is 0 Å². The summed E-state index contributed by atoms with van der Waals surface area (Å²) in [4.78, 5) is 0. The molecule has 0 saturated carbocycles. The zero-order valence-electron chi connectivity index (χ0n) is 9.71. The van der Waals surface area contributed by atoms with Crippen LogP contribution >= 0.6 is 0 Å². The highest BCUT2D eigenvalue weighted by atomic mass is 19.4. The fraction of sp³-hybridized carbons (Fsp3) is 0.500. The number of benzene rings is 1. The van der Waals surface area contributed by atoms with Crippen molar-refractivity contribution < 1.29 is 23.0 Å². The van der Waals surface area contributed by atoms with Gasteiger partial charge in [-0.05, 0) is 24.6 Å². The van der Waals surface area contributed by atoms with Gasteiger partial charge in [-0.1, -0.05) is 13.0 Å². The summed E-state index contributed by atoms with van der Waals surface area (Å²) >= 11 is 0. The summed E-state index contributed by atoms with van der Waals surface area (Å²) in [5.41, 5.74) is -0.347. The van der Waals surface area contributed by atoms with Crippen molar-refractivity contribution >= 4 is 0 Å². The van der Waals surface area contributed by atoms with Gasteiger partial charge in [-0.25, -0.2) is 0 Å². The van der Waals surface area contributed by atoms with Crippen LogP contribution < -0.4 is 4.74 Å². The molecule has 0 saturated heterocycles. The topological polar surface area (TPSA) is 29.5 Å². The smallest absolute Gasteiger partial charge is 0.419 e. The Morgan fingerprint density at radius 3 is 2.47 bits per heavy atom. The molecule has 0 spiro atoms. The standard InChI is InChI=1S/C12H15F3O2/c1-3-17-11-5-4-9(8(2)7-16)6-10(11)12(13,14)15/h4-6,8,16H,3,7H2,1-2H3. The van der Waals surface area contributed by atoms with Crippen LogP contribution in [0.4, 0.5) is 13.2 Å². The molecule has 0 amide bonds. The van der Waals surface area contributed by atoms with Gasteiger partial charge in [0.05, 0.1) is 12.2 Å². The van der Waals surface area contributed by atoms with Crippen LogP contribution in [0.5, 0.6) is 5.75 Å². The second kappa shape index (κ2) is 5.40. The second-order valence-electron chi connectivity index (χ2n) is 3.77. The van der Waals surface area contributed by atoms with Gasteiger partial charge in [-0.3, -0.25) is 0 Å². The average molecular weight is 248 g/mol. The molecule has 1 aromatic rings. The van der Waals surface area contributed by atoms with Crippen LogP contribution in [-0.2, 0) is 6.18 Å². The minimum absolute atomic E-state index is 0.172. The van der Waals surface area contributed by atoms with E-state index in [1.165, 1.54) is 6.07 Å². The number of ether oxygens (including phenoxy) is 1. The molecular weight excluding hydrogens is 233 g/mol. The molecule has 0 aliphatic carbocycles. The first kappa shape index (κ1) is 13.8. The van der Waals surface area contributed by atoms with Gasteiger partial charge in [0.1, 0.15) is 5.75 Å². The van der Waals surface area contributed by atoms with Crippen LogP contribution in [0.2, 0.25) is 0 Å². The zero-order valence-corrected chi connectivity index (χ0v) is 9.71. The van der Waals surface area contributed by atoms with E-state index >= 15 is 0 Å². The Morgan fingerprint density at radius 1 is 1.35 bits per heavy atom. The van der Waals surface area contributed by atoms with Crippen molar-refractivity contribution in [1.82, 2.24) is 0 Å². The van der Waals surface area contributed by atoms with Gasteiger partial charge < -0.3 is 9.84 Å². The fourth-order valence-electron chi connectivity index (χ4n) is 1.46. The quantitative estimate of drug-likeness (QED) is 0.886. The summed E-state index contributed by atoms with van der Waals surface area (Å²) < 4.78 is 43.3. The van der Waals surface area contributed by atoms with Crippen molar-refractivity contribution in [3.05, 3.63) is 29.3 Å². The Balaban J connectivity index is 3.19. The van der Waals surface area contributed by atoms with E-state index in [1.54, 1.807) is 19.9 Å². The molecule has 2 nitrogen and oxygen atoms in total.